The van der Waals surface area contributed by atoms with Crippen LogP contribution in [0.15, 0.2) is 30.3 Å². The highest BCUT2D eigenvalue weighted by Gasteiger charge is 2.29. The summed E-state index contributed by atoms with van der Waals surface area (Å²) in [5, 5.41) is 14.3. The molecular formula is C21H32N2O6. The Morgan fingerprint density at radius 2 is 1.66 bits per heavy atom. The van der Waals surface area contributed by atoms with Gasteiger partial charge in [-0.2, -0.15) is 0 Å². The van der Waals surface area contributed by atoms with E-state index in [-0.39, 0.29) is 12.5 Å². The number of carbonyl (C=O) groups is 3. The van der Waals surface area contributed by atoms with E-state index >= 15 is 0 Å². The minimum absolute atomic E-state index is 0.0870. The molecule has 0 aliphatic rings. The lowest BCUT2D eigenvalue weighted by Crippen LogP contribution is -2.54. The zero-order chi connectivity index (χ0) is 22.0. The number of esters is 1. The van der Waals surface area contributed by atoms with Gasteiger partial charge in [-0.25, -0.2) is 9.59 Å². The maximum Gasteiger partial charge on any atom is 0.408 e. The number of benzene rings is 1. The lowest BCUT2D eigenvalue weighted by atomic mass is 10.0. The number of rotatable bonds is 9. The molecule has 29 heavy (non-hydrogen) atoms. The average Bonchev–Trinajstić information content (AvgIpc) is 2.62. The smallest absolute Gasteiger partial charge is 0.408 e. The summed E-state index contributed by atoms with van der Waals surface area (Å²) in [6.45, 7) is 8.31. The van der Waals surface area contributed by atoms with Crippen molar-refractivity contribution in [1.82, 2.24) is 10.6 Å². The summed E-state index contributed by atoms with van der Waals surface area (Å²) in [5.74, 6) is -1.17. The summed E-state index contributed by atoms with van der Waals surface area (Å²) in [6.07, 6.45) is -0.483. The summed E-state index contributed by atoms with van der Waals surface area (Å²) in [7, 11) is 0. The van der Waals surface area contributed by atoms with E-state index in [1.807, 2.05) is 44.2 Å². The van der Waals surface area contributed by atoms with Gasteiger partial charge in [-0.3, -0.25) is 4.79 Å². The predicted octanol–water partition coefficient (Wildman–Crippen LogP) is 2.15. The van der Waals surface area contributed by atoms with Gasteiger partial charge in [-0.15, -0.1) is 0 Å². The quantitative estimate of drug-likeness (QED) is 0.540. The van der Waals surface area contributed by atoms with E-state index in [2.05, 4.69) is 10.6 Å². The van der Waals surface area contributed by atoms with Crippen LogP contribution in [0.2, 0.25) is 0 Å². The van der Waals surface area contributed by atoms with Crippen molar-refractivity contribution in [3.05, 3.63) is 35.9 Å². The van der Waals surface area contributed by atoms with E-state index in [0.29, 0.717) is 6.42 Å². The van der Waals surface area contributed by atoms with Gasteiger partial charge in [0.25, 0.3) is 0 Å². The van der Waals surface area contributed by atoms with Gasteiger partial charge in [0.1, 0.15) is 24.3 Å². The van der Waals surface area contributed by atoms with Crippen LogP contribution in [0.4, 0.5) is 4.79 Å². The van der Waals surface area contributed by atoms with Crippen molar-refractivity contribution in [2.45, 2.75) is 65.3 Å². The molecule has 162 valence electrons. The Kier molecular flexibility index (Phi) is 9.61. The van der Waals surface area contributed by atoms with Crippen LogP contribution < -0.4 is 10.6 Å². The molecule has 0 fully saturated rings. The first-order valence-electron chi connectivity index (χ1n) is 9.63. The summed E-state index contributed by atoms with van der Waals surface area (Å²) in [5.41, 5.74) is 0.0810. The zero-order valence-electron chi connectivity index (χ0n) is 17.7. The van der Waals surface area contributed by atoms with Crippen LogP contribution in [-0.2, 0) is 25.7 Å². The largest absolute Gasteiger partial charge is 0.459 e. The van der Waals surface area contributed by atoms with Crippen molar-refractivity contribution in [3.8, 4) is 0 Å². The maximum absolute atomic E-state index is 12.5. The summed E-state index contributed by atoms with van der Waals surface area (Å²) < 4.78 is 10.4. The molecule has 0 aromatic heterocycles. The standard InChI is InChI=1S/C21H32N2O6/c1-14(2)11-16(19(26)28-13-15-9-7-6-8-10-15)22-18(25)17(12-24)23-20(27)29-21(3,4)5/h6-10,14,16-17,24H,11-13H2,1-5H3,(H,22,25)(H,23,27)/t16-,17-/m0/s1. The molecular weight excluding hydrogens is 376 g/mol. The lowest BCUT2D eigenvalue weighted by Gasteiger charge is -2.24. The fourth-order valence-corrected chi connectivity index (χ4v) is 2.43. The zero-order valence-corrected chi connectivity index (χ0v) is 17.7. The number of carbonyl (C=O) groups excluding carboxylic acids is 3. The van der Waals surface area contributed by atoms with Crippen LogP contribution in [-0.4, -0.2) is 47.4 Å². The second-order valence-electron chi connectivity index (χ2n) is 8.17. The van der Waals surface area contributed by atoms with E-state index in [4.69, 9.17) is 9.47 Å². The first-order chi connectivity index (χ1) is 13.5. The molecule has 0 bridgehead atoms. The van der Waals surface area contributed by atoms with Crippen LogP contribution in [0.5, 0.6) is 0 Å². The molecule has 0 saturated heterocycles. The van der Waals surface area contributed by atoms with Gasteiger partial charge in [0, 0.05) is 0 Å². The van der Waals surface area contributed by atoms with Crippen LogP contribution in [0.1, 0.15) is 46.6 Å². The number of hydrogen-bond donors (Lipinski definition) is 3. The van der Waals surface area contributed by atoms with Crippen molar-refractivity contribution in [2.75, 3.05) is 6.61 Å². The van der Waals surface area contributed by atoms with Crippen molar-refractivity contribution in [1.29, 1.82) is 0 Å². The Bertz CT molecular complexity index is 669. The van der Waals surface area contributed by atoms with Crippen molar-refractivity contribution in [3.63, 3.8) is 0 Å². The molecule has 0 aliphatic carbocycles. The molecule has 8 nitrogen and oxygen atoms in total. The fourth-order valence-electron chi connectivity index (χ4n) is 2.43. The molecule has 1 aromatic carbocycles. The van der Waals surface area contributed by atoms with Crippen LogP contribution in [0.3, 0.4) is 0 Å². The van der Waals surface area contributed by atoms with E-state index in [1.54, 1.807) is 20.8 Å². The molecule has 0 radical (unpaired) electrons. The van der Waals surface area contributed by atoms with E-state index in [9.17, 15) is 19.5 Å². The van der Waals surface area contributed by atoms with Crippen LogP contribution in [0.25, 0.3) is 0 Å². The molecule has 8 heteroatoms. The molecule has 1 rings (SSSR count). The van der Waals surface area contributed by atoms with Gasteiger partial charge in [-0.05, 0) is 38.7 Å². The normalized spacial score (nSPS) is 13.3. The first-order valence-corrected chi connectivity index (χ1v) is 9.63. The number of alkyl carbamates (subject to hydrolysis) is 1. The minimum Gasteiger partial charge on any atom is -0.459 e. The van der Waals surface area contributed by atoms with Crippen LogP contribution in [0, 0.1) is 5.92 Å². The topological polar surface area (TPSA) is 114 Å². The third-order valence-corrected chi connectivity index (χ3v) is 3.72. The highest BCUT2D eigenvalue weighted by Crippen LogP contribution is 2.10. The molecule has 2 amide bonds. The molecule has 0 aliphatic heterocycles. The minimum atomic E-state index is -1.25. The summed E-state index contributed by atoms with van der Waals surface area (Å²) in [4.78, 5) is 36.9. The molecule has 1 aromatic rings. The van der Waals surface area contributed by atoms with Gasteiger partial charge in [0.05, 0.1) is 6.61 Å². The second-order valence-corrected chi connectivity index (χ2v) is 8.17. The maximum atomic E-state index is 12.5. The summed E-state index contributed by atoms with van der Waals surface area (Å²) >= 11 is 0. The number of aliphatic hydroxyl groups is 1. The van der Waals surface area contributed by atoms with Gasteiger partial charge < -0.3 is 25.2 Å². The van der Waals surface area contributed by atoms with Gasteiger partial charge >= 0.3 is 12.1 Å². The van der Waals surface area contributed by atoms with Gasteiger partial charge in [-0.1, -0.05) is 44.2 Å². The second kappa shape index (κ2) is 11.4. The predicted molar refractivity (Wildman–Crippen MR) is 108 cm³/mol. The third-order valence-electron chi connectivity index (χ3n) is 3.72. The Labute approximate surface area is 172 Å². The number of ether oxygens (including phenoxy) is 2. The number of aliphatic hydroxyl groups excluding tert-OH is 1. The third kappa shape index (κ3) is 9.94. The lowest BCUT2D eigenvalue weighted by molar-refractivity contribution is -0.150. The highest BCUT2D eigenvalue weighted by atomic mass is 16.6. The molecule has 0 spiro atoms. The molecule has 0 heterocycles. The number of amides is 2. The van der Waals surface area contributed by atoms with Crippen molar-refractivity contribution >= 4 is 18.0 Å². The van der Waals surface area contributed by atoms with Gasteiger partial charge in [0.15, 0.2) is 0 Å². The number of hydrogen-bond acceptors (Lipinski definition) is 6. The van der Waals surface area contributed by atoms with E-state index in [0.717, 1.165) is 5.56 Å². The Morgan fingerprint density at radius 1 is 1.03 bits per heavy atom. The summed E-state index contributed by atoms with van der Waals surface area (Å²) in [6, 6.07) is 7.04. The first kappa shape index (κ1) is 24.4. The van der Waals surface area contributed by atoms with Gasteiger partial charge in [0.2, 0.25) is 5.91 Å². The Hall–Kier alpha value is -2.61. The molecule has 2 atom stereocenters. The SMILES string of the molecule is CC(C)C[C@H](NC(=O)[C@H](CO)NC(=O)OC(C)(C)C)C(=O)OCc1ccccc1. The Morgan fingerprint density at radius 3 is 2.17 bits per heavy atom. The highest BCUT2D eigenvalue weighted by molar-refractivity contribution is 5.89. The van der Waals surface area contributed by atoms with Crippen molar-refractivity contribution < 1.29 is 29.0 Å². The Balaban J connectivity index is 2.72. The van der Waals surface area contributed by atoms with E-state index < -0.39 is 42.3 Å². The monoisotopic (exact) mass is 408 g/mol. The van der Waals surface area contributed by atoms with Crippen molar-refractivity contribution in [2.24, 2.45) is 5.92 Å². The van der Waals surface area contributed by atoms with E-state index in [1.165, 1.54) is 0 Å². The molecule has 0 saturated carbocycles. The number of nitrogens with one attached hydrogen (secondary N) is 2. The fraction of sp³-hybridized carbons (Fsp3) is 0.571. The van der Waals surface area contributed by atoms with Crippen LogP contribution >= 0.6 is 0 Å². The molecule has 0 unspecified atom stereocenters. The molecule has 3 N–H and O–H groups in total. The average molecular weight is 408 g/mol.